The molecule has 0 saturated carbocycles. The summed E-state index contributed by atoms with van der Waals surface area (Å²) in [5, 5.41) is 0. The molecule has 0 saturated heterocycles. The summed E-state index contributed by atoms with van der Waals surface area (Å²) < 4.78 is 267. The van der Waals surface area contributed by atoms with Crippen molar-refractivity contribution >= 4 is 18.8 Å². The van der Waals surface area contributed by atoms with Crippen LogP contribution in [-0.2, 0) is 3.07 Å². The summed E-state index contributed by atoms with van der Waals surface area (Å²) in [6, 6.07) is 0. The van der Waals surface area contributed by atoms with Crippen LogP contribution in [-0.4, -0.2) is 73.5 Å². The number of hydrogen-bond acceptors (Lipinski definition) is 1. The SMILES string of the molecule is CCCCC[O][Sn]([C](F)(F)C(F)(F)CC(F)(F)F)([C](F)(F)C(F)(F)CC(F)(F)F)[C](F)(F)C(F)(F)CC(F)(F)F. The van der Waals surface area contributed by atoms with Crippen molar-refractivity contribution in [3.8, 4) is 0 Å². The van der Waals surface area contributed by atoms with Crippen molar-refractivity contribution in [2.24, 2.45) is 0 Å². The predicted octanol–water partition coefficient (Wildman–Crippen LogP) is 9.43. The third-order valence-electron chi connectivity index (χ3n) is 5.04. The molecule has 0 bridgehead atoms. The molecule has 0 rings (SSSR count). The first-order valence-electron chi connectivity index (χ1n) is 10.3. The van der Waals surface area contributed by atoms with Gasteiger partial charge in [0.25, 0.3) is 0 Å². The Labute approximate surface area is 214 Å². The van der Waals surface area contributed by atoms with Gasteiger partial charge in [-0.3, -0.25) is 0 Å². The molecule has 0 aliphatic heterocycles. The molecule has 0 fully saturated rings. The fourth-order valence-corrected chi connectivity index (χ4v) is 14.7. The van der Waals surface area contributed by atoms with Gasteiger partial charge in [0.05, 0.1) is 0 Å². The van der Waals surface area contributed by atoms with E-state index in [9.17, 15) is 65.9 Å². The van der Waals surface area contributed by atoms with E-state index in [-0.39, 0.29) is 6.42 Å². The maximum atomic E-state index is 15.0. The first kappa shape index (κ1) is 39.3. The second-order valence-electron chi connectivity index (χ2n) is 8.45. The van der Waals surface area contributed by atoms with Gasteiger partial charge in [0, 0.05) is 0 Å². The zero-order valence-electron chi connectivity index (χ0n) is 19.3. The van der Waals surface area contributed by atoms with Crippen LogP contribution in [0.5, 0.6) is 0 Å². The summed E-state index contributed by atoms with van der Waals surface area (Å²) in [7, 11) is 0. The minimum absolute atomic E-state index is 0.215. The fourth-order valence-electron chi connectivity index (χ4n) is 3.30. The molecule has 0 atom stereocenters. The standard InChI is InChI=1S/C5H11O.3C4H2F7.Sn/c1-2-3-4-5-6;3*5-2(6)3(7,8)1-4(9,10)11;/h2-5H2,1H3;3*1H2;/q-1;;;;+1. The van der Waals surface area contributed by atoms with Crippen molar-refractivity contribution in [1.82, 2.24) is 0 Å². The summed E-state index contributed by atoms with van der Waals surface area (Å²) in [4.78, 5) is 0. The maximum absolute atomic E-state index is 15.0. The Bertz CT molecular complexity index is 727. The molecular weight excluding hydrogens is 738 g/mol. The molecule has 0 aliphatic rings. The van der Waals surface area contributed by atoms with E-state index >= 15 is 26.3 Å². The number of halogens is 21. The van der Waals surface area contributed by atoms with E-state index in [0.29, 0.717) is 0 Å². The van der Waals surface area contributed by atoms with Crippen molar-refractivity contribution in [2.75, 3.05) is 6.61 Å². The first-order valence-corrected chi connectivity index (χ1v) is 15.7. The van der Waals surface area contributed by atoms with Gasteiger partial charge in [0.2, 0.25) is 0 Å². The topological polar surface area (TPSA) is 9.23 Å². The van der Waals surface area contributed by atoms with Gasteiger partial charge < -0.3 is 0 Å². The summed E-state index contributed by atoms with van der Waals surface area (Å²) >= 11 is -11.7. The van der Waals surface area contributed by atoms with Gasteiger partial charge in [-0.2, -0.15) is 0 Å². The third-order valence-corrected chi connectivity index (χ3v) is 17.6. The number of hydrogen-bond donors (Lipinski definition) is 0. The zero-order valence-corrected chi connectivity index (χ0v) is 22.1. The van der Waals surface area contributed by atoms with E-state index in [1.165, 1.54) is 0 Å². The van der Waals surface area contributed by atoms with Crippen LogP contribution in [0.3, 0.4) is 0 Å². The second-order valence-corrected chi connectivity index (χ2v) is 18.5. The summed E-state index contributed by atoms with van der Waals surface area (Å²) in [5.41, 5.74) is 0. The van der Waals surface area contributed by atoms with E-state index in [0.717, 1.165) is 6.92 Å². The molecule has 0 spiro atoms. The van der Waals surface area contributed by atoms with Gasteiger partial charge in [-0.05, 0) is 0 Å². The number of rotatable bonds is 14. The average Bonchev–Trinajstić information content (AvgIpc) is 2.61. The third kappa shape index (κ3) is 8.01. The second kappa shape index (κ2) is 11.8. The average molecular weight is 755 g/mol. The molecule has 0 aliphatic carbocycles. The Morgan fingerprint density at radius 1 is 0.425 bits per heavy atom. The molecule has 23 heteroatoms. The van der Waals surface area contributed by atoms with Crippen LogP contribution in [0.15, 0.2) is 0 Å². The van der Waals surface area contributed by atoms with Gasteiger partial charge in [0.15, 0.2) is 0 Å². The van der Waals surface area contributed by atoms with Crippen molar-refractivity contribution in [3.63, 3.8) is 0 Å². The Morgan fingerprint density at radius 2 is 0.675 bits per heavy atom. The molecular formula is C17H17F21OSn. The first-order chi connectivity index (χ1) is 17.2. The van der Waals surface area contributed by atoms with E-state index in [4.69, 9.17) is 0 Å². The minimum atomic E-state index is -11.7. The molecule has 0 radical (unpaired) electrons. The molecule has 0 heterocycles. The molecule has 0 aromatic carbocycles. The monoisotopic (exact) mass is 756 g/mol. The van der Waals surface area contributed by atoms with E-state index in [1.54, 1.807) is 0 Å². The molecule has 242 valence electrons. The Balaban J connectivity index is 8.08. The van der Waals surface area contributed by atoms with Gasteiger partial charge in [-0.1, -0.05) is 0 Å². The Morgan fingerprint density at radius 3 is 0.875 bits per heavy atom. The predicted molar refractivity (Wildman–Crippen MR) is 92.9 cm³/mol. The van der Waals surface area contributed by atoms with Crippen molar-refractivity contribution < 1.29 is 95.3 Å². The molecule has 0 N–H and O–H groups in total. The molecule has 0 aromatic rings. The van der Waals surface area contributed by atoms with Crippen LogP contribution in [0, 0.1) is 0 Å². The molecule has 0 aromatic heterocycles. The summed E-state index contributed by atoms with van der Waals surface area (Å²) in [6.07, 6.45) is -35.5. The molecule has 0 unspecified atom stereocenters. The van der Waals surface area contributed by atoms with Crippen LogP contribution < -0.4 is 0 Å². The summed E-state index contributed by atoms with van der Waals surface area (Å²) in [5.74, 6) is -22.5. The Hall–Kier alpha value is -0.711. The normalized spacial score (nSPS) is 16.1. The number of alkyl halides is 21. The Kier molecular flexibility index (Phi) is 11.5. The van der Waals surface area contributed by atoms with Crippen LogP contribution in [0.2, 0.25) is 0 Å². The van der Waals surface area contributed by atoms with Crippen molar-refractivity contribution in [1.29, 1.82) is 0 Å². The van der Waals surface area contributed by atoms with E-state index in [2.05, 4.69) is 3.07 Å². The zero-order chi connectivity index (χ0) is 32.7. The van der Waals surface area contributed by atoms with Crippen molar-refractivity contribution in [3.05, 3.63) is 0 Å². The number of unbranched alkanes of at least 4 members (excludes halogenated alkanes) is 2. The fraction of sp³-hybridized carbons (Fsp3) is 1.00. The summed E-state index contributed by atoms with van der Waals surface area (Å²) in [6.45, 7) is -1.22. The van der Waals surface area contributed by atoms with Crippen molar-refractivity contribution in [2.45, 2.75) is 93.6 Å². The van der Waals surface area contributed by atoms with Gasteiger partial charge in [-0.25, -0.2) is 0 Å². The van der Waals surface area contributed by atoms with Crippen LogP contribution in [0.25, 0.3) is 0 Å². The molecule has 1 nitrogen and oxygen atoms in total. The van der Waals surface area contributed by atoms with Crippen LogP contribution in [0.4, 0.5) is 92.2 Å². The van der Waals surface area contributed by atoms with Crippen LogP contribution in [0.1, 0.15) is 45.4 Å². The van der Waals surface area contributed by atoms with E-state index in [1.807, 2.05) is 0 Å². The van der Waals surface area contributed by atoms with Gasteiger partial charge >= 0.3 is 214 Å². The van der Waals surface area contributed by atoms with Gasteiger partial charge in [-0.15, -0.1) is 0 Å². The van der Waals surface area contributed by atoms with Crippen LogP contribution >= 0.6 is 0 Å². The van der Waals surface area contributed by atoms with E-state index < -0.39 is 106 Å². The quantitative estimate of drug-likeness (QED) is 0.0976. The van der Waals surface area contributed by atoms with Gasteiger partial charge in [0.1, 0.15) is 0 Å². The molecule has 0 amide bonds. The molecule has 40 heavy (non-hydrogen) atoms.